The van der Waals surface area contributed by atoms with Crippen molar-refractivity contribution in [2.45, 2.75) is 13.1 Å². The topological polar surface area (TPSA) is 39.5 Å². The summed E-state index contributed by atoms with van der Waals surface area (Å²) in [5.41, 5.74) is 3.33. The van der Waals surface area contributed by atoms with Crippen molar-refractivity contribution in [3.05, 3.63) is 65.2 Å². The minimum Gasteiger partial charge on any atom is -0.497 e. The number of ether oxygens (including phenoxy) is 1. The average Bonchev–Trinajstić information content (AvgIpc) is 2.65. The van der Waals surface area contributed by atoms with E-state index in [0.717, 1.165) is 50.6 Å². The van der Waals surface area contributed by atoms with Crippen LogP contribution in [-0.4, -0.2) is 43.1 Å². The molecule has 1 aliphatic rings. The number of nitriles is 1. The first-order chi connectivity index (χ1) is 11.8. The second kappa shape index (κ2) is 7.96. The molecule has 2 aromatic carbocycles. The monoisotopic (exact) mass is 321 g/mol. The maximum atomic E-state index is 8.86. The zero-order valence-corrected chi connectivity index (χ0v) is 14.1. The number of piperazine rings is 1. The minimum absolute atomic E-state index is 0.725. The predicted molar refractivity (Wildman–Crippen MR) is 94.7 cm³/mol. The van der Waals surface area contributed by atoms with Crippen LogP contribution in [0, 0.1) is 11.3 Å². The van der Waals surface area contributed by atoms with Crippen LogP contribution in [0.3, 0.4) is 0 Å². The third-order valence-corrected chi connectivity index (χ3v) is 4.52. The van der Waals surface area contributed by atoms with E-state index in [1.165, 1.54) is 11.1 Å². The van der Waals surface area contributed by atoms with Crippen LogP contribution in [0.5, 0.6) is 5.75 Å². The van der Waals surface area contributed by atoms with Crippen LogP contribution in [0.15, 0.2) is 48.5 Å². The van der Waals surface area contributed by atoms with E-state index in [2.05, 4.69) is 40.1 Å². The molecule has 0 aromatic heterocycles. The second-order valence-electron chi connectivity index (χ2n) is 6.21. The fourth-order valence-corrected chi connectivity index (χ4v) is 3.04. The van der Waals surface area contributed by atoms with Gasteiger partial charge in [0.1, 0.15) is 5.75 Å². The third kappa shape index (κ3) is 4.35. The molecule has 0 spiro atoms. The first kappa shape index (κ1) is 16.5. The molecule has 4 heteroatoms. The van der Waals surface area contributed by atoms with E-state index in [1.807, 2.05) is 24.3 Å². The predicted octanol–water partition coefficient (Wildman–Crippen LogP) is 2.88. The van der Waals surface area contributed by atoms with Crippen LogP contribution < -0.4 is 4.74 Å². The molecule has 1 aliphatic heterocycles. The van der Waals surface area contributed by atoms with E-state index in [0.29, 0.717) is 0 Å². The SMILES string of the molecule is COc1ccc(CN2CCN(Cc3ccc(C#N)cc3)CC2)cc1. The lowest BCUT2D eigenvalue weighted by atomic mass is 10.1. The van der Waals surface area contributed by atoms with Crippen molar-refractivity contribution < 1.29 is 4.74 Å². The van der Waals surface area contributed by atoms with Gasteiger partial charge in [0.25, 0.3) is 0 Å². The molecule has 2 aromatic rings. The number of methoxy groups -OCH3 is 1. The molecule has 4 nitrogen and oxygen atoms in total. The lowest BCUT2D eigenvalue weighted by molar-refractivity contribution is 0.122. The fourth-order valence-electron chi connectivity index (χ4n) is 3.04. The van der Waals surface area contributed by atoms with E-state index in [1.54, 1.807) is 7.11 Å². The largest absolute Gasteiger partial charge is 0.497 e. The summed E-state index contributed by atoms with van der Waals surface area (Å²) < 4.78 is 5.21. The Bertz CT molecular complexity index is 680. The van der Waals surface area contributed by atoms with E-state index < -0.39 is 0 Å². The van der Waals surface area contributed by atoms with Crippen LogP contribution in [0.4, 0.5) is 0 Å². The first-order valence-electron chi connectivity index (χ1n) is 8.33. The summed E-state index contributed by atoms with van der Waals surface area (Å²) in [5, 5.41) is 8.86. The lowest BCUT2D eigenvalue weighted by Crippen LogP contribution is -2.45. The number of hydrogen-bond acceptors (Lipinski definition) is 4. The molecule has 0 aliphatic carbocycles. The van der Waals surface area contributed by atoms with E-state index >= 15 is 0 Å². The Kier molecular flexibility index (Phi) is 5.47. The minimum atomic E-state index is 0.725. The van der Waals surface area contributed by atoms with Gasteiger partial charge in [-0.2, -0.15) is 5.26 Å². The Balaban J connectivity index is 1.47. The standard InChI is InChI=1S/C20H23N3O/c1-24-20-8-6-19(7-9-20)16-23-12-10-22(11-13-23)15-18-4-2-17(14-21)3-5-18/h2-9H,10-13,15-16H2,1H3. The maximum absolute atomic E-state index is 8.86. The van der Waals surface area contributed by atoms with Gasteiger partial charge in [-0.05, 0) is 35.4 Å². The van der Waals surface area contributed by atoms with Crippen molar-refractivity contribution in [2.75, 3.05) is 33.3 Å². The number of nitrogens with zero attached hydrogens (tertiary/aromatic N) is 3. The molecule has 24 heavy (non-hydrogen) atoms. The van der Waals surface area contributed by atoms with Gasteiger partial charge in [0, 0.05) is 39.3 Å². The Hall–Kier alpha value is -2.35. The second-order valence-corrected chi connectivity index (χ2v) is 6.21. The fraction of sp³-hybridized carbons (Fsp3) is 0.350. The third-order valence-electron chi connectivity index (χ3n) is 4.52. The summed E-state index contributed by atoms with van der Waals surface area (Å²) in [6.07, 6.45) is 0. The van der Waals surface area contributed by atoms with Crippen LogP contribution >= 0.6 is 0 Å². The Morgan fingerprint density at radius 3 is 1.71 bits per heavy atom. The molecule has 0 unspecified atom stereocenters. The summed E-state index contributed by atoms with van der Waals surface area (Å²) in [5.74, 6) is 0.908. The van der Waals surface area contributed by atoms with E-state index in [9.17, 15) is 0 Å². The van der Waals surface area contributed by atoms with Crippen molar-refractivity contribution in [3.8, 4) is 11.8 Å². The zero-order valence-electron chi connectivity index (χ0n) is 14.1. The normalized spacial score (nSPS) is 15.8. The molecular formula is C20H23N3O. The van der Waals surface area contributed by atoms with Crippen molar-refractivity contribution in [3.63, 3.8) is 0 Å². The molecule has 0 N–H and O–H groups in total. The summed E-state index contributed by atoms with van der Waals surface area (Å²) >= 11 is 0. The lowest BCUT2D eigenvalue weighted by Gasteiger charge is -2.34. The summed E-state index contributed by atoms with van der Waals surface area (Å²) in [7, 11) is 1.70. The Morgan fingerprint density at radius 2 is 1.29 bits per heavy atom. The molecule has 124 valence electrons. The Labute approximate surface area is 143 Å². The number of rotatable bonds is 5. The highest BCUT2D eigenvalue weighted by molar-refractivity contribution is 5.31. The van der Waals surface area contributed by atoms with Gasteiger partial charge in [-0.25, -0.2) is 0 Å². The molecule has 0 amide bonds. The average molecular weight is 321 g/mol. The molecule has 0 bridgehead atoms. The van der Waals surface area contributed by atoms with Gasteiger partial charge in [-0.15, -0.1) is 0 Å². The molecular weight excluding hydrogens is 298 g/mol. The van der Waals surface area contributed by atoms with Crippen LogP contribution in [0.1, 0.15) is 16.7 Å². The van der Waals surface area contributed by atoms with Crippen molar-refractivity contribution >= 4 is 0 Å². The molecule has 1 fully saturated rings. The van der Waals surface area contributed by atoms with Gasteiger partial charge < -0.3 is 4.74 Å². The maximum Gasteiger partial charge on any atom is 0.118 e. The highest BCUT2D eigenvalue weighted by Gasteiger charge is 2.17. The summed E-state index contributed by atoms with van der Waals surface area (Å²) in [4.78, 5) is 4.98. The van der Waals surface area contributed by atoms with Crippen molar-refractivity contribution in [1.29, 1.82) is 5.26 Å². The van der Waals surface area contributed by atoms with Crippen molar-refractivity contribution in [1.82, 2.24) is 9.80 Å². The Morgan fingerprint density at radius 1 is 0.833 bits per heavy atom. The smallest absolute Gasteiger partial charge is 0.118 e. The van der Waals surface area contributed by atoms with Crippen molar-refractivity contribution in [2.24, 2.45) is 0 Å². The van der Waals surface area contributed by atoms with Gasteiger partial charge in [0.2, 0.25) is 0 Å². The summed E-state index contributed by atoms with van der Waals surface area (Å²) in [6, 6.07) is 18.4. The van der Waals surface area contributed by atoms with Gasteiger partial charge in [-0.3, -0.25) is 9.80 Å². The molecule has 1 saturated heterocycles. The van der Waals surface area contributed by atoms with Gasteiger partial charge >= 0.3 is 0 Å². The van der Waals surface area contributed by atoms with Crippen LogP contribution in [0.2, 0.25) is 0 Å². The molecule has 0 atom stereocenters. The van der Waals surface area contributed by atoms with Crippen LogP contribution in [-0.2, 0) is 13.1 Å². The zero-order chi connectivity index (χ0) is 16.8. The molecule has 0 radical (unpaired) electrons. The first-order valence-corrected chi connectivity index (χ1v) is 8.33. The van der Waals surface area contributed by atoms with Gasteiger partial charge in [-0.1, -0.05) is 24.3 Å². The number of benzene rings is 2. The van der Waals surface area contributed by atoms with E-state index in [4.69, 9.17) is 10.00 Å². The van der Waals surface area contributed by atoms with Crippen LogP contribution in [0.25, 0.3) is 0 Å². The highest BCUT2D eigenvalue weighted by atomic mass is 16.5. The van der Waals surface area contributed by atoms with E-state index in [-0.39, 0.29) is 0 Å². The highest BCUT2D eigenvalue weighted by Crippen LogP contribution is 2.15. The van der Waals surface area contributed by atoms with Gasteiger partial charge in [0.05, 0.1) is 18.7 Å². The molecule has 1 heterocycles. The van der Waals surface area contributed by atoms with Gasteiger partial charge in [0.15, 0.2) is 0 Å². The summed E-state index contributed by atoms with van der Waals surface area (Å²) in [6.45, 7) is 6.29. The quantitative estimate of drug-likeness (QED) is 0.849. The molecule has 3 rings (SSSR count). The molecule has 0 saturated carbocycles. The number of hydrogen-bond donors (Lipinski definition) is 0.